The van der Waals surface area contributed by atoms with Crippen LogP contribution in [0.25, 0.3) is 11.0 Å². The lowest BCUT2D eigenvalue weighted by atomic mass is 9.92. The monoisotopic (exact) mass is 276 g/mol. The first-order chi connectivity index (χ1) is 9.02. The Morgan fingerprint density at radius 3 is 2.84 bits per heavy atom. The lowest BCUT2D eigenvalue weighted by Gasteiger charge is -2.20. The van der Waals surface area contributed by atoms with Crippen molar-refractivity contribution in [3.8, 4) is 0 Å². The molecule has 3 rings (SSSR count). The maximum absolute atomic E-state index is 6.12. The van der Waals surface area contributed by atoms with Crippen molar-refractivity contribution in [1.29, 1.82) is 0 Å². The number of rotatable bonds is 2. The molecule has 1 unspecified atom stereocenters. The molecule has 1 fully saturated rings. The molecule has 0 aliphatic heterocycles. The van der Waals surface area contributed by atoms with E-state index in [0.29, 0.717) is 17.3 Å². The lowest BCUT2D eigenvalue weighted by Crippen LogP contribution is -2.12. The number of fused-ring (bicyclic) bond motifs is 1. The second-order valence-electron chi connectivity index (χ2n) is 6.54. The maximum atomic E-state index is 6.12. The summed E-state index contributed by atoms with van der Waals surface area (Å²) in [5.41, 5.74) is 4.10. The van der Waals surface area contributed by atoms with Gasteiger partial charge in [-0.25, -0.2) is 4.98 Å². The topological polar surface area (TPSA) is 17.8 Å². The molecule has 1 saturated carbocycles. The number of hydrogen-bond acceptors (Lipinski definition) is 1. The Kier molecular flexibility index (Phi) is 3.09. The summed E-state index contributed by atoms with van der Waals surface area (Å²) < 4.78 is 2.41. The zero-order valence-corrected chi connectivity index (χ0v) is 12.7. The van der Waals surface area contributed by atoms with Gasteiger partial charge in [0.05, 0.1) is 16.9 Å². The fraction of sp³-hybridized carbons (Fsp3) is 0.562. The van der Waals surface area contributed by atoms with Crippen LogP contribution in [0.5, 0.6) is 0 Å². The summed E-state index contributed by atoms with van der Waals surface area (Å²) in [6.07, 6.45) is 3.73. The van der Waals surface area contributed by atoms with Gasteiger partial charge in [-0.2, -0.15) is 0 Å². The van der Waals surface area contributed by atoms with E-state index in [1.54, 1.807) is 0 Å². The van der Waals surface area contributed by atoms with Crippen LogP contribution in [0.2, 0.25) is 0 Å². The van der Waals surface area contributed by atoms with Crippen LogP contribution < -0.4 is 0 Å². The predicted octanol–water partition coefficient (Wildman–Crippen LogP) is 4.83. The Hall–Kier alpha value is -1.02. The van der Waals surface area contributed by atoms with Gasteiger partial charge >= 0.3 is 0 Å². The van der Waals surface area contributed by atoms with Crippen LogP contribution in [-0.2, 0) is 5.88 Å². The van der Waals surface area contributed by atoms with Crippen molar-refractivity contribution in [3.05, 3.63) is 29.6 Å². The van der Waals surface area contributed by atoms with Crippen LogP contribution in [0, 0.1) is 12.3 Å². The molecule has 102 valence electrons. The van der Waals surface area contributed by atoms with E-state index in [-0.39, 0.29) is 0 Å². The van der Waals surface area contributed by atoms with Gasteiger partial charge in [-0.15, -0.1) is 11.6 Å². The highest BCUT2D eigenvalue weighted by Crippen LogP contribution is 2.45. The van der Waals surface area contributed by atoms with E-state index in [2.05, 4.69) is 43.5 Å². The summed E-state index contributed by atoms with van der Waals surface area (Å²) in [7, 11) is 0. The molecule has 1 aliphatic carbocycles. The highest BCUT2D eigenvalue weighted by molar-refractivity contribution is 6.16. The van der Waals surface area contributed by atoms with Gasteiger partial charge in [-0.3, -0.25) is 0 Å². The smallest absolute Gasteiger partial charge is 0.125 e. The number of aryl methyl sites for hydroxylation is 1. The molecule has 0 N–H and O–H groups in total. The second-order valence-corrected chi connectivity index (χ2v) is 6.80. The Morgan fingerprint density at radius 1 is 1.42 bits per heavy atom. The van der Waals surface area contributed by atoms with Gasteiger partial charge in [0.2, 0.25) is 0 Å². The molecule has 1 atom stereocenters. The third-order valence-corrected chi connectivity index (χ3v) is 4.65. The van der Waals surface area contributed by atoms with E-state index < -0.39 is 0 Å². The Balaban J connectivity index is 2.16. The average molecular weight is 277 g/mol. The fourth-order valence-electron chi connectivity index (χ4n) is 3.48. The first kappa shape index (κ1) is 13.0. The van der Waals surface area contributed by atoms with Crippen LogP contribution in [0.15, 0.2) is 18.2 Å². The number of imidazole rings is 1. The fourth-order valence-corrected chi connectivity index (χ4v) is 3.66. The van der Waals surface area contributed by atoms with Crippen LogP contribution in [-0.4, -0.2) is 9.55 Å². The number of hydrogen-bond donors (Lipinski definition) is 0. The molecule has 0 amide bonds. The first-order valence-electron chi connectivity index (χ1n) is 7.04. The number of para-hydroxylation sites is 1. The standard InChI is InChI=1S/C16H21ClN2/c1-11-5-4-6-13-15(11)19(14(10-17)18-13)12-7-8-16(2,3)9-12/h4-6,12H,7-10H2,1-3H3. The summed E-state index contributed by atoms with van der Waals surface area (Å²) >= 11 is 6.12. The van der Waals surface area contributed by atoms with Crippen molar-refractivity contribution in [3.63, 3.8) is 0 Å². The minimum Gasteiger partial charge on any atom is -0.324 e. The lowest BCUT2D eigenvalue weighted by molar-refractivity contribution is 0.359. The molecule has 1 aromatic heterocycles. The average Bonchev–Trinajstić information content (AvgIpc) is 2.89. The molecule has 1 aromatic carbocycles. The van der Waals surface area contributed by atoms with Gasteiger partial charge in [0, 0.05) is 6.04 Å². The molecule has 1 heterocycles. The van der Waals surface area contributed by atoms with Crippen LogP contribution >= 0.6 is 11.6 Å². The summed E-state index contributed by atoms with van der Waals surface area (Å²) in [5, 5.41) is 0. The summed E-state index contributed by atoms with van der Waals surface area (Å²) in [5.74, 6) is 1.51. The molecule has 1 aliphatic rings. The van der Waals surface area contributed by atoms with Crippen molar-refractivity contribution >= 4 is 22.6 Å². The molecule has 3 heteroatoms. The minimum atomic E-state index is 0.438. The van der Waals surface area contributed by atoms with Gasteiger partial charge in [-0.1, -0.05) is 26.0 Å². The van der Waals surface area contributed by atoms with E-state index in [0.717, 1.165) is 11.3 Å². The summed E-state index contributed by atoms with van der Waals surface area (Å²) in [4.78, 5) is 4.72. The minimum absolute atomic E-state index is 0.438. The third-order valence-electron chi connectivity index (χ3n) is 4.41. The zero-order chi connectivity index (χ0) is 13.6. The second kappa shape index (κ2) is 4.52. The van der Waals surface area contributed by atoms with Gasteiger partial charge in [-0.05, 0) is 43.2 Å². The largest absolute Gasteiger partial charge is 0.324 e. The summed E-state index contributed by atoms with van der Waals surface area (Å²) in [6.45, 7) is 6.89. The van der Waals surface area contributed by atoms with Gasteiger partial charge in [0.25, 0.3) is 0 Å². The van der Waals surface area contributed by atoms with E-state index >= 15 is 0 Å². The Morgan fingerprint density at radius 2 is 2.21 bits per heavy atom. The van der Waals surface area contributed by atoms with E-state index in [1.165, 1.54) is 30.3 Å². The van der Waals surface area contributed by atoms with E-state index in [1.807, 2.05) is 0 Å². The van der Waals surface area contributed by atoms with Crippen LogP contribution in [0.3, 0.4) is 0 Å². The number of alkyl halides is 1. The molecule has 19 heavy (non-hydrogen) atoms. The van der Waals surface area contributed by atoms with Crippen molar-refractivity contribution in [2.75, 3.05) is 0 Å². The Bertz CT molecular complexity index is 612. The summed E-state index contributed by atoms with van der Waals surface area (Å²) in [6, 6.07) is 6.88. The van der Waals surface area contributed by atoms with E-state index in [4.69, 9.17) is 16.6 Å². The zero-order valence-electron chi connectivity index (χ0n) is 11.9. The Labute approximate surface area is 119 Å². The first-order valence-corrected chi connectivity index (χ1v) is 7.58. The van der Waals surface area contributed by atoms with Gasteiger partial charge < -0.3 is 4.57 Å². The highest BCUT2D eigenvalue weighted by atomic mass is 35.5. The van der Waals surface area contributed by atoms with Crippen LogP contribution in [0.4, 0.5) is 0 Å². The van der Waals surface area contributed by atoms with Crippen molar-refractivity contribution in [1.82, 2.24) is 9.55 Å². The maximum Gasteiger partial charge on any atom is 0.125 e. The molecule has 0 saturated heterocycles. The quantitative estimate of drug-likeness (QED) is 0.718. The highest BCUT2D eigenvalue weighted by Gasteiger charge is 2.33. The van der Waals surface area contributed by atoms with E-state index in [9.17, 15) is 0 Å². The third kappa shape index (κ3) is 2.16. The number of aromatic nitrogens is 2. The van der Waals surface area contributed by atoms with Gasteiger partial charge in [0.15, 0.2) is 0 Å². The molecule has 0 bridgehead atoms. The number of nitrogens with zero attached hydrogens (tertiary/aromatic N) is 2. The normalized spacial score (nSPS) is 22.2. The number of benzene rings is 1. The molecule has 0 spiro atoms. The van der Waals surface area contributed by atoms with Crippen molar-refractivity contribution in [2.24, 2.45) is 5.41 Å². The van der Waals surface area contributed by atoms with Crippen LogP contribution in [0.1, 0.15) is 50.5 Å². The SMILES string of the molecule is Cc1cccc2nc(CCl)n(C3CCC(C)(C)C3)c12. The molecule has 2 nitrogen and oxygen atoms in total. The molecular formula is C16H21ClN2. The molecule has 2 aromatic rings. The molecular weight excluding hydrogens is 256 g/mol. The van der Waals surface area contributed by atoms with Gasteiger partial charge in [0.1, 0.15) is 5.82 Å². The molecule has 0 radical (unpaired) electrons. The number of halogens is 1. The van der Waals surface area contributed by atoms with Crippen molar-refractivity contribution in [2.45, 2.75) is 52.0 Å². The predicted molar refractivity (Wildman–Crippen MR) is 80.7 cm³/mol. The van der Waals surface area contributed by atoms with Crippen molar-refractivity contribution < 1.29 is 0 Å².